The maximum atomic E-state index is 13.5. The number of aliphatic hydroxyl groups is 1. The van der Waals surface area contributed by atoms with E-state index < -0.39 is 34.1 Å². The molecule has 2 saturated carbocycles. The van der Waals surface area contributed by atoms with Gasteiger partial charge in [-0.1, -0.05) is 27.7 Å². The van der Waals surface area contributed by atoms with Crippen LogP contribution in [-0.4, -0.2) is 59.8 Å². The normalized spacial score (nSPS) is 48.9. The van der Waals surface area contributed by atoms with Crippen LogP contribution in [-0.2, 0) is 28.5 Å². The van der Waals surface area contributed by atoms with Crippen LogP contribution in [0.15, 0.2) is 0 Å². The van der Waals surface area contributed by atoms with Gasteiger partial charge < -0.3 is 24.1 Å². The van der Waals surface area contributed by atoms with Crippen molar-refractivity contribution in [3.8, 4) is 0 Å². The number of ketones is 1. The highest BCUT2D eigenvalue weighted by Crippen LogP contribution is 2.67. The Morgan fingerprint density at radius 1 is 1.23 bits per heavy atom. The van der Waals surface area contributed by atoms with Crippen LogP contribution in [0.2, 0.25) is 0 Å². The lowest BCUT2D eigenvalue weighted by Crippen LogP contribution is -2.71. The molecular weight excluding hydrogens is 400 g/mol. The van der Waals surface area contributed by atoms with Gasteiger partial charge in [-0.2, -0.15) is 0 Å². The van der Waals surface area contributed by atoms with Gasteiger partial charge in [-0.25, -0.2) is 0 Å². The molecule has 4 fully saturated rings. The standard InChI is InChI=1S/C24H38O7/c1-7-28-17-12-23(13-29-17)10-11-24(31-23)14(2)18(26)19(27)20-21(4,5)16(30-15(3)25)8-9-22(20,24)6/h14,16-18,20,26H,7-13H2,1-6H3/t14-,16-,17+,18-,20+,22+,23+,24-/m1/s1. The molecule has 7 heteroatoms. The largest absolute Gasteiger partial charge is 0.462 e. The fourth-order valence-electron chi connectivity index (χ4n) is 7.52. The van der Waals surface area contributed by atoms with Crippen LogP contribution in [0.5, 0.6) is 0 Å². The van der Waals surface area contributed by atoms with Gasteiger partial charge in [0.15, 0.2) is 12.1 Å². The maximum Gasteiger partial charge on any atom is 0.302 e. The minimum Gasteiger partial charge on any atom is -0.462 e. The number of fused-ring (bicyclic) bond motifs is 2. The van der Waals surface area contributed by atoms with Crippen molar-refractivity contribution < 1.29 is 33.6 Å². The number of aliphatic hydroxyl groups excluding tert-OH is 1. The molecule has 2 aliphatic heterocycles. The molecule has 0 unspecified atom stereocenters. The van der Waals surface area contributed by atoms with E-state index in [0.29, 0.717) is 32.5 Å². The lowest BCUT2D eigenvalue weighted by atomic mass is 9.43. The minimum absolute atomic E-state index is 0.151. The molecule has 0 amide bonds. The third-order valence-electron chi connectivity index (χ3n) is 8.97. The Balaban J connectivity index is 1.71. The molecule has 0 aromatic rings. The highest BCUT2D eigenvalue weighted by Gasteiger charge is 2.73. The lowest BCUT2D eigenvalue weighted by Gasteiger charge is -2.64. The van der Waals surface area contributed by atoms with Gasteiger partial charge in [-0.15, -0.1) is 0 Å². The van der Waals surface area contributed by atoms with Gasteiger partial charge in [0, 0.05) is 42.6 Å². The molecule has 0 aromatic carbocycles. The van der Waals surface area contributed by atoms with Gasteiger partial charge in [0.25, 0.3) is 0 Å². The van der Waals surface area contributed by atoms with Gasteiger partial charge in [0.1, 0.15) is 12.2 Å². The molecule has 31 heavy (non-hydrogen) atoms. The number of carbonyl (C=O) groups excluding carboxylic acids is 2. The van der Waals surface area contributed by atoms with Crippen LogP contribution >= 0.6 is 0 Å². The summed E-state index contributed by atoms with van der Waals surface area (Å²) in [4.78, 5) is 25.3. The molecule has 0 radical (unpaired) electrons. The first-order valence-corrected chi connectivity index (χ1v) is 11.7. The summed E-state index contributed by atoms with van der Waals surface area (Å²) in [5.74, 6) is -1.28. The Bertz CT molecular complexity index is 750. The van der Waals surface area contributed by atoms with E-state index in [-0.39, 0.29) is 30.1 Å². The molecule has 4 rings (SSSR count). The predicted octanol–water partition coefficient (Wildman–Crippen LogP) is 3.01. The van der Waals surface area contributed by atoms with E-state index in [1.807, 2.05) is 27.7 Å². The van der Waals surface area contributed by atoms with Crippen LogP contribution < -0.4 is 0 Å². The van der Waals surface area contributed by atoms with Crippen LogP contribution in [0.1, 0.15) is 73.6 Å². The number of rotatable bonds is 3. The Hall–Kier alpha value is -1.02. The number of hydrogen-bond donors (Lipinski definition) is 1. The van der Waals surface area contributed by atoms with Gasteiger partial charge >= 0.3 is 5.97 Å². The summed E-state index contributed by atoms with van der Waals surface area (Å²) in [5.41, 5.74) is -2.17. The average molecular weight is 439 g/mol. The average Bonchev–Trinajstić information content (AvgIpc) is 3.26. The molecule has 2 saturated heterocycles. The first kappa shape index (κ1) is 23.1. The summed E-state index contributed by atoms with van der Waals surface area (Å²) >= 11 is 0. The van der Waals surface area contributed by atoms with Crippen molar-refractivity contribution >= 4 is 11.8 Å². The van der Waals surface area contributed by atoms with Crippen molar-refractivity contribution in [2.24, 2.45) is 22.7 Å². The zero-order valence-electron chi connectivity index (χ0n) is 19.7. The van der Waals surface area contributed by atoms with Gasteiger partial charge in [0.05, 0.1) is 17.8 Å². The fourth-order valence-corrected chi connectivity index (χ4v) is 7.52. The summed E-state index contributed by atoms with van der Waals surface area (Å²) in [7, 11) is 0. The topological polar surface area (TPSA) is 91.3 Å². The summed E-state index contributed by atoms with van der Waals surface area (Å²) in [6, 6.07) is 0. The number of carbonyl (C=O) groups is 2. The smallest absolute Gasteiger partial charge is 0.302 e. The minimum atomic E-state index is -1.10. The monoisotopic (exact) mass is 438 g/mol. The molecule has 0 bridgehead atoms. The third-order valence-corrected chi connectivity index (χ3v) is 8.97. The van der Waals surface area contributed by atoms with Crippen LogP contribution in [0.25, 0.3) is 0 Å². The third kappa shape index (κ3) is 3.22. The summed E-state index contributed by atoms with van der Waals surface area (Å²) in [5, 5.41) is 11.1. The lowest BCUT2D eigenvalue weighted by molar-refractivity contribution is -0.266. The summed E-state index contributed by atoms with van der Waals surface area (Å²) < 4.78 is 24.2. The Kier molecular flexibility index (Phi) is 5.60. The first-order chi connectivity index (χ1) is 14.4. The Labute approximate surface area is 185 Å². The number of ether oxygens (including phenoxy) is 4. The van der Waals surface area contributed by atoms with Gasteiger partial charge in [0.2, 0.25) is 0 Å². The molecule has 176 valence electrons. The van der Waals surface area contributed by atoms with Gasteiger partial charge in [-0.05, 0) is 32.6 Å². The van der Waals surface area contributed by atoms with E-state index in [1.54, 1.807) is 0 Å². The highest BCUT2D eigenvalue weighted by atomic mass is 16.7. The summed E-state index contributed by atoms with van der Waals surface area (Å²) in [6.07, 6.45) is 1.88. The molecular formula is C24H38O7. The zero-order valence-corrected chi connectivity index (χ0v) is 19.7. The van der Waals surface area contributed by atoms with E-state index in [4.69, 9.17) is 18.9 Å². The van der Waals surface area contributed by atoms with E-state index in [9.17, 15) is 14.7 Å². The van der Waals surface area contributed by atoms with E-state index >= 15 is 0 Å². The van der Waals surface area contributed by atoms with E-state index in [0.717, 1.165) is 12.8 Å². The maximum absolute atomic E-state index is 13.5. The van der Waals surface area contributed by atoms with Crippen molar-refractivity contribution in [2.75, 3.05) is 13.2 Å². The molecule has 8 atom stereocenters. The quantitative estimate of drug-likeness (QED) is 0.677. The van der Waals surface area contributed by atoms with Crippen molar-refractivity contribution in [1.82, 2.24) is 0 Å². The predicted molar refractivity (Wildman–Crippen MR) is 112 cm³/mol. The Morgan fingerprint density at radius 2 is 1.94 bits per heavy atom. The van der Waals surface area contributed by atoms with Crippen molar-refractivity contribution in [3.05, 3.63) is 0 Å². The molecule has 1 N–H and O–H groups in total. The second kappa shape index (κ2) is 7.51. The molecule has 0 aromatic heterocycles. The SMILES string of the molecule is CCO[C@@H]1C[C@@]2(CC[C@@]3(O2)[C@H](C)[C@@H](O)C(=O)[C@H]2C(C)(C)[C@H](OC(C)=O)CC[C@@]23C)CO1. The van der Waals surface area contributed by atoms with Crippen LogP contribution in [0.3, 0.4) is 0 Å². The van der Waals surface area contributed by atoms with Crippen molar-refractivity contribution in [3.63, 3.8) is 0 Å². The molecule has 4 aliphatic rings. The second-order valence-electron chi connectivity index (χ2n) is 11.0. The second-order valence-corrected chi connectivity index (χ2v) is 11.0. The van der Waals surface area contributed by atoms with Crippen molar-refractivity contribution in [2.45, 2.75) is 103 Å². The molecule has 2 spiro atoms. The molecule has 2 heterocycles. The zero-order chi connectivity index (χ0) is 22.8. The molecule has 7 nitrogen and oxygen atoms in total. The highest BCUT2D eigenvalue weighted by molar-refractivity contribution is 5.89. The van der Waals surface area contributed by atoms with Crippen molar-refractivity contribution in [1.29, 1.82) is 0 Å². The summed E-state index contributed by atoms with van der Waals surface area (Å²) in [6.45, 7) is 12.5. The molecule has 2 aliphatic carbocycles. The fraction of sp³-hybridized carbons (Fsp3) is 0.917. The first-order valence-electron chi connectivity index (χ1n) is 11.7. The van der Waals surface area contributed by atoms with Gasteiger partial charge in [-0.3, -0.25) is 9.59 Å². The number of esters is 1. The van der Waals surface area contributed by atoms with Crippen LogP contribution in [0.4, 0.5) is 0 Å². The number of hydrogen-bond acceptors (Lipinski definition) is 7. The van der Waals surface area contributed by atoms with Crippen LogP contribution in [0, 0.1) is 22.7 Å². The Morgan fingerprint density at radius 3 is 2.58 bits per heavy atom. The van der Waals surface area contributed by atoms with E-state index in [2.05, 4.69) is 6.92 Å². The van der Waals surface area contributed by atoms with E-state index in [1.165, 1.54) is 6.92 Å². The number of Topliss-reactive ketones (excluding diaryl/α,β-unsaturated/α-hetero) is 1.